The number of halogens is 2. The molecule has 21 heavy (non-hydrogen) atoms. The molecule has 2 aliphatic rings. The summed E-state index contributed by atoms with van der Waals surface area (Å²) in [6, 6.07) is 5.28. The molecular weight excluding hydrogens is 268 g/mol. The summed E-state index contributed by atoms with van der Waals surface area (Å²) in [5, 5.41) is 3.62. The molecule has 2 saturated carbocycles. The molecule has 3 heteroatoms. The largest absolute Gasteiger partial charge is 0.314 e. The minimum Gasteiger partial charge on any atom is -0.314 e. The van der Waals surface area contributed by atoms with Gasteiger partial charge in [0, 0.05) is 6.04 Å². The summed E-state index contributed by atoms with van der Waals surface area (Å²) in [6.07, 6.45) is 6.87. The first kappa shape index (κ1) is 15.0. The fourth-order valence-electron chi connectivity index (χ4n) is 3.67. The van der Waals surface area contributed by atoms with Gasteiger partial charge in [0.15, 0.2) is 11.6 Å². The van der Waals surface area contributed by atoms with E-state index in [2.05, 4.69) is 12.2 Å². The second-order valence-corrected chi connectivity index (χ2v) is 7.04. The molecule has 0 spiro atoms. The van der Waals surface area contributed by atoms with Crippen molar-refractivity contribution in [3.05, 3.63) is 35.4 Å². The lowest BCUT2D eigenvalue weighted by Gasteiger charge is -2.35. The van der Waals surface area contributed by atoms with E-state index in [1.165, 1.54) is 31.7 Å². The fourth-order valence-corrected chi connectivity index (χ4v) is 3.67. The zero-order valence-electron chi connectivity index (χ0n) is 12.7. The second kappa shape index (κ2) is 6.43. The highest BCUT2D eigenvalue weighted by atomic mass is 19.2. The van der Waals surface area contributed by atoms with Crippen LogP contribution in [-0.2, 0) is 6.42 Å². The Morgan fingerprint density at radius 1 is 1.10 bits per heavy atom. The minimum atomic E-state index is -0.719. The van der Waals surface area contributed by atoms with E-state index in [0.717, 1.165) is 19.0 Å². The Labute approximate surface area is 126 Å². The first-order valence-corrected chi connectivity index (χ1v) is 8.29. The summed E-state index contributed by atoms with van der Waals surface area (Å²) >= 11 is 0. The summed E-state index contributed by atoms with van der Waals surface area (Å²) < 4.78 is 27.3. The van der Waals surface area contributed by atoms with Crippen LogP contribution in [0.15, 0.2) is 18.2 Å². The maximum atomic E-state index is 13.9. The zero-order chi connectivity index (χ0) is 14.8. The molecule has 0 aliphatic heterocycles. The van der Waals surface area contributed by atoms with Crippen LogP contribution in [0.3, 0.4) is 0 Å². The molecule has 3 atom stereocenters. The number of benzene rings is 1. The van der Waals surface area contributed by atoms with E-state index in [4.69, 9.17) is 0 Å². The lowest BCUT2D eigenvalue weighted by atomic mass is 9.72. The van der Waals surface area contributed by atoms with Gasteiger partial charge in [0.05, 0.1) is 0 Å². The normalized spacial score (nSPS) is 29.6. The Bertz CT molecular complexity index is 484. The molecule has 1 aromatic carbocycles. The fraction of sp³-hybridized carbons (Fsp3) is 0.667. The molecule has 0 bridgehead atoms. The van der Waals surface area contributed by atoms with Crippen LogP contribution in [0.4, 0.5) is 8.78 Å². The van der Waals surface area contributed by atoms with Crippen molar-refractivity contribution < 1.29 is 8.78 Å². The van der Waals surface area contributed by atoms with Crippen molar-refractivity contribution in [1.29, 1.82) is 0 Å². The van der Waals surface area contributed by atoms with E-state index in [0.29, 0.717) is 29.7 Å². The van der Waals surface area contributed by atoms with Gasteiger partial charge in [-0.15, -0.1) is 0 Å². The Hall–Kier alpha value is -0.960. The Kier molecular flexibility index (Phi) is 4.58. The highest BCUT2D eigenvalue weighted by Gasteiger charge is 2.31. The van der Waals surface area contributed by atoms with Gasteiger partial charge < -0.3 is 5.32 Å². The molecule has 3 unspecified atom stereocenters. The quantitative estimate of drug-likeness (QED) is 0.853. The van der Waals surface area contributed by atoms with Crippen LogP contribution in [0, 0.1) is 29.4 Å². The van der Waals surface area contributed by atoms with E-state index in [9.17, 15) is 8.78 Å². The lowest BCUT2D eigenvalue weighted by molar-refractivity contribution is 0.182. The van der Waals surface area contributed by atoms with E-state index in [1.54, 1.807) is 12.1 Å². The topological polar surface area (TPSA) is 12.0 Å². The van der Waals surface area contributed by atoms with E-state index < -0.39 is 11.6 Å². The smallest absolute Gasteiger partial charge is 0.162 e. The zero-order valence-corrected chi connectivity index (χ0v) is 12.7. The van der Waals surface area contributed by atoms with Crippen LogP contribution in [-0.4, -0.2) is 12.6 Å². The summed E-state index contributed by atoms with van der Waals surface area (Å²) in [6.45, 7) is 3.32. The standard InChI is InChI=1S/C18H25F2N/c1-12-5-6-14(11-21-16-7-8-16)15(9-12)10-13-3-2-4-17(19)18(13)20/h2-4,12,14-16,21H,5-11H2,1H3. The monoisotopic (exact) mass is 293 g/mol. The molecule has 0 aromatic heterocycles. The predicted molar refractivity (Wildman–Crippen MR) is 81.1 cm³/mol. The molecule has 1 N–H and O–H groups in total. The van der Waals surface area contributed by atoms with Gasteiger partial charge >= 0.3 is 0 Å². The third kappa shape index (κ3) is 3.82. The van der Waals surface area contributed by atoms with Crippen LogP contribution in [0.25, 0.3) is 0 Å². The average molecular weight is 293 g/mol. The molecule has 0 saturated heterocycles. The summed E-state index contributed by atoms with van der Waals surface area (Å²) in [5.74, 6) is 0.401. The van der Waals surface area contributed by atoms with E-state index >= 15 is 0 Å². The van der Waals surface area contributed by atoms with Crippen molar-refractivity contribution >= 4 is 0 Å². The van der Waals surface area contributed by atoms with Gasteiger partial charge in [0.2, 0.25) is 0 Å². The maximum Gasteiger partial charge on any atom is 0.162 e. The predicted octanol–water partition coefficient (Wildman–Crippen LogP) is 4.31. The van der Waals surface area contributed by atoms with Gasteiger partial charge in [-0.25, -0.2) is 8.78 Å². The molecule has 3 rings (SSSR count). The third-order valence-corrected chi connectivity index (χ3v) is 5.16. The third-order valence-electron chi connectivity index (χ3n) is 5.16. The van der Waals surface area contributed by atoms with Gasteiger partial charge in [-0.3, -0.25) is 0 Å². The molecule has 2 fully saturated rings. The summed E-state index contributed by atoms with van der Waals surface area (Å²) in [5.41, 5.74) is 0.547. The van der Waals surface area contributed by atoms with E-state index in [-0.39, 0.29) is 0 Å². The molecule has 0 radical (unpaired) electrons. The number of nitrogens with one attached hydrogen (secondary N) is 1. The molecule has 2 aliphatic carbocycles. The molecular formula is C18H25F2N. The van der Waals surface area contributed by atoms with Crippen molar-refractivity contribution in [3.8, 4) is 0 Å². The van der Waals surface area contributed by atoms with Crippen molar-refractivity contribution in [1.82, 2.24) is 5.32 Å². The first-order chi connectivity index (χ1) is 10.1. The van der Waals surface area contributed by atoms with Gasteiger partial charge in [0.25, 0.3) is 0 Å². The Morgan fingerprint density at radius 2 is 1.90 bits per heavy atom. The number of hydrogen-bond acceptors (Lipinski definition) is 1. The SMILES string of the molecule is CC1CCC(CNC2CC2)C(Cc2cccc(F)c2F)C1. The minimum absolute atomic E-state index is 0.469. The first-order valence-electron chi connectivity index (χ1n) is 8.29. The average Bonchev–Trinajstić information content (AvgIpc) is 3.27. The number of rotatable bonds is 5. The Balaban J connectivity index is 1.67. The highest BCUT2D eigenvalue weighted by molar-refractivity contribution is 5.19. The van der Waals surface area contributed by atoms with Crippen LogP contribution < -0.4 is 5.32 Å². The van der Waals surface area contributed by atoms with Gasteiger partial charge in [-0.2, -0.15) is 0 Å². The molecule has 0 amide bonds. The van der Waals surface area contributed by atoms with Crippen LogP contribution in [0.2, 0.25) is 0 Å². The number of hydrogen-bond donors (Lipinski definition) is 1. The second-order valence-electron chi connectivity index (χ2n) is 7.04. The summed E-state index contributed by atoms with van der Waals surface area (Å²) in [4.78, 5) is 0. The van der Waals surface area contributed by atoms with Gasteiger partial charge in [-0.1, -0.05) is 25.5 Å². The van der Waals surface area contributed by atoms with Crippen LogP contribution in [0.5, 0.6) is 0 Å². The van der Waals surface area contributed by atoms with Crippen molar-refractivity contribution in [2.45, 2.75) is 51.5 Å². The van der Waals surface area contributed by atoms with Crippen LogP contribution >= 0.6 is 0 Å². The Morgan fingerprint density at radius 3 is 2.67 bits per heavy atom. The molecule has 1 aromatic rings. The van der Waals surface area contributed by atoms with E-state index in [1.807, 2.05) is 0 Å². The lowest BCUT2D eigenvalue weighted by Crippen LogP contribution is -2.34. The maximum absolute atomic E-state index is 13.9. The molecule has 1 nitrogen and oxygen atoms in total. The molecule has 0 heterocycles. The highest BCUT2D eigenvalue weighted by Crippen LogP contribution is 2.36. The van der Waals surface area contributed by atoms with Crippen LogP contribution in [0.1, 0.15) is 44.6 Å². The van der Waals surface area contributed by atoms with Gasteiger partial charge in [0.1, 0.15) is 0 Å². The van der Waals surface area contributed by atoms with Crippen molar-refractivity contribution in [3.63, 3.8) is 0 Å². The molecule has 116 valence electrons. The van der Waals surface area contributed by atoms with Crippen molar-refractivity contribution in [2.75, 3.05) is 6.54 Å². The summed E-state index contributed by atoms with van der Waals surface area (Å²) in [7, 11) is 0. The van der Waals surface area contributed by atoms with Crippen molar-refractivity contribution in [2.24, 2.45) is 17.8 Å². The van der Waals surface area contributed by atoms with Gasteiger partial charge in [-0.05, 0) is 68.0 Å².